The zero-order valence-electron chi connectivity index (χ0n) is 13.7. The highest BCUT2D eigenvalue weighted by atomic mass is 19.4. The molecule has 0 unspecified atom stereocenters. The van der Waals surface area contributed by atoms with Gasteiger partial charge in [-0.3, -0.25) is 19.7 Å². The van der Waals surface area contributed by atoms with Crippen LogP contribution in [0, 0.1) is 10.1 Å². The molecular weight excluding hydrogens is 369 g/mol. The van der Waals surface area contributed by atoms with Gasteiger partial charge in [0, 0.05) is 17.3 Å². The van der Waals surface area contributed by atoms with Crippen LogP contribution in [0.5, 0.6) is 0 Å². The maximum atomic E-state index is 12.6. The van der Waals surface area contributed by atoms with Gasteiger partial charge in [-0.1, -0.05) is 24.3 Å². The predicted octanol–water partition coefficient (Wildman–Crippen LogP) is 3.34. The molecule has 0 atom stereocenters. The van der Waals surface area contributed by atoms with Gasteiger partial charge in [-0.25, -0.2) is 0 Å². The zero-order valence-corrected chi connectivity index (χ0v) is 13.7. The molecule has 0 radical (unpaired) electrons. The summed E-state index contributed by atoms with van der Waals surface area (Å²) in [7, 11) is 0. The van der Waals surface area contributed by atoms with E-state index in [0.29, 0.717) is 0 Å². The number of halogens is 3. The second kappa shape index (κ2) is 8.30. The number of hydrogen-bond donors (Lipinski definition) is 1. The summed E-state index contributed by atoms with van der Waals surface area (Å²) in [5.74, 6) is -1.73. The van der Waals surface area contributed by atoms with E-state index in [2.05, 4.69) is 5.32 Å². The third-order valence-corrected chi connectivity index (χ3v) is 3.36. The lowest BCUT2D eigenvalue weighted by atomic mass is 10.1. The predicted molar refractivity (Wildman–Crippen MR) is 87.8 cm³/mol. The van der Waals surface area contributed by atoms with Crippen molar-refractivity contribution in [3.63, 3.8) is 0 Å². The van der Waals surface area contributed by atoms with Crippen LogP contribution in [0.2, 0.25) is 0 Å². The first kappa shape index (κ1) is 19.9. The number of nitrogens with zero attached hydrogens (tertiary/aromatic N) is 1. The van der Waals surface area contributed by atoms with Crippen LogP contribution >= 0.6 is 0 Å². The van der Waals surface area contributed by atoms with E-state index in [1.807, 2.05) is 0 Å². The van der Waals surface area contributed by atoms with E-state index in [4.69, 9.17) is 4.74 Å². The first-order valence-corrected chi connectivity index (χ1v) is 7.52. The largest absolute Gasteiger partial charge is 0.455 e. The van der Waals surface area contributed by atoms with Crippen LogP contribution in [-0.4, -0.2) is 23.4 Å². The lowest BCUT2D eigenvalue weighted by molar-refractivity contribution is -0.385. The molecule has 27 heavy (non-hydrogen) atoms. The normalized spacial score (nSPS) is 10.9. The Kier molecular flexibility index (Phi) is 6.11. The number of amides is 1. The molecule has 1 amide bonds. The van der Waals surface area contributed by atoms with Gasteiger partial charge in [0.2, 0.25) is 0 Å². The fourth-order valence-corrected chi connectivity index (χ4v) is 2.16. The van der Waals surface area contributed by atoms with Crippen LogP contribution in [-0.2, 0) is 26.9 Å². The first-order valence-electron chi connectivity index (χ1n) is 7.52. The summed E-state index contributed by atoms with van der Waals surface area (Å²) in [4.78, 5) is 33.7. The van der Waals surface area contributed by atoms with E-state index in [1.54, 1.807) is 0 Å². The van der Waals surface area contributed by atoms with Crippen molar-refractivity contribution in [2.45, 2.75) is 12.6 Å². The minimum Gasteiger partial charge on any atom is -0.455 e. The Morgan fingerprint density at radius 2 is 1.81 bits per heavy atom. The molecule has 2 aromatic carbocycles. The van der Waals surface area contributed by atoms with E-state index in [9.17, 15) is 32.9 Å². The van der Waals surface area contributed by atoms with E-state index in [1.165, 1.54) is 30.3 Å². The number of nitrogens with one attached hydrogen (secondary N) is 1. The summed E-state index contributed by atoms with van der Waals surface area (Å²) in [5.41, 5.74) is -1.19. The molecule has 2 rings (SSSR count). The quantitative estimate of drug-likeness (QED) is 0.469. The van der Waals surface area contributed by atoms with Crippen LogP contribution < -0.4 is 5.32 Å². The molecule has 0 aliphatic carbocycles. The molecule has 0 spiro atoms. The third-order valence-electron chi connectivity index (χ3n) is 3.36. The molecule has 2 aromatic rings. The lowest BCUT2D eigenvalue weighted by Crippen LogP contribution is -2.22. The molecule has 7 nitrogen and oxygen atoms in total. The molecule has 0 aromatic heterocycles. The number of ether oxygens (including phenoxy) is 1. The molecule has 0 saturated carbocycles. The van der Waals surface area contributed by atoms with Gasteiger partial charge >= 0.3 is 12.1 Å². The van der Waals surface area contributed by atoms with Crippen molar-refractivity contribution in [3.8, 4) is 0 Å². The molecule has 1 N–H and O–H groups in total. The molecule has 0 saturated heterocycles. The Labute approximate surface area is 150 Å². The number of benzene rings is 2. The molecule has 0 aliphatic rings. The molecule has 10 heteroatoms. The Morgan fingerprint density at radius 1 is 1.11 bits per heavy atom. The van der Waals surface area contributed by atoms with Crippen molar-refractivity contribution < 1.29 is 32.4 Å². The first-order chi connectivity index (χ1) is 12.7. The van der Waals surface area contributed by atoms with Gasteiger partial charge in [0.25, 0.3) is 11.6 Å². The third kappa shape index (κ3) is 5.80. The summed E-state index contributed by atoms with van der Waals surface area (Å²) in [6.45, 7) is -0.740. The van der Waals surface area contributed by atoms with Gasteiger partial charge in [0.15, 0.2) is 6.61 Å². The summed E-state index contributed by atoms with van der Waals surface area (Å²) in [5, 5.41) is 13.1. The molecule has 0 bridgehead atoms. The topological polar surface area (TPSA) is 98.5 Å². The van der Waals surface area contributed by atoms with Gasteiger partial charge in [0.1, 0.15) is 0 Å². The standard InChI is InChI=1S/C17H13F3N2O5/c18-17(19,20)12-5-3-6-13(9-12)21-15(23)10-27-16(24)8-11-4-1-2-7-14(11)22(25)26/h1-7,9H,8,10H2,(H,21,23). The lowest BCUT2D eigenvalue weighted by Gasteiger charge is -2.10. The van der Waals surface area contributed by atoms with E-state index in [-0.39, 0.29) is 16.9 Å². The highest BCUT2D eigenvalue weighted by Gasteiger charge is 2.30. The second-order valence-corrected chi connectivity index (χ2v) is 5.35. The molecule has 0 heterocycles. The van der Waals surface area contributed by atoms with Crippen LogP contribution in [0.4, 0.5) is 24.5 Å². The number of carbonyl (C=O) groups excluding carboxylic acids is 2. The Balaban J connectivity index is 1.91. The van der Waals surface area contributed by atoms with Crippen LogP contribution in [0.3, 0.4) is 0 Å². The van der Waals surface area contributed by atoms with Gasteiger partial charge in [-0.2, -0.15) is 13.2 Å². The Hall–Kier alpha value is -3.43. The molecule has 0 fully saturated rings. The van der Waals surface area contributed by atoms with Gasteiger partial charge in [-0.15, -0.1) is 0 Å². The van der Waals surface area contributed by atoms with Crippen LogP contribution in [0.25, 0.3) is 0 Å². The number of nitro groups is 1. The number of para-hydroxylation sites is 1. The number of esters is 1. The van der Waals surface area contributed by atoms with E-state index in [0.717, 1.165) is 18.2 Å². The molecular formula is C17H13F3N2O5. The fraction of sp³-hybridized carbons (Fsp3) is 0.176. The van der Waals surface area contributed by atoms with Gasteiger partial charge < -0.3 is 10.1 Å². The number of hydrogen-bond acceptors (Lipinski definition) is 5. The van der Waals surface area contributed by atoms with Crippen molar-refractivity contribution in [2.24, 2.45) is 0 Å². The van der Waals surface area contributed by atoms with Crippen molar-refractivity contribution in [1.82, 2.24) is 0 Å². The van der Waals surface area contributed by atoms with Crippen molar-refractivity contribution >= 4 is 23.3 Å². The van der Waals surface area contributed by atoms with Gasteiger partial charge in [0.05, 0.1) is 16.9 Å². The summed E-state index contributed by atoms with van der Waals surface area (Å²) >= 11 is 0. The maximum absolute atomic E-state index is 12.6. The SMILES string of the molecule is O=C(COC(=O)Cc1ccccc1[N+](=O)[O-])Nc1cccc(C(F)(F)F)c1. The van der Waals surface area contributed by atoms with Gasteiger partial charge in [-0.05, 0) is 18.2 Å². The minimum absolute atomic E-state index is 0.107. The highest BCUT2D eigenvalue weighted by molar-refractivity contribution is 5.93. The minimum atomic E-state index is -4.56. The zero-order chi connectivity index (χ0) is 20.0. The average molecular weight is 382 g/mol. The number of anilines is 1. The van der Waals surface area contributed by atoms with Crippen molar-refractivity contribution in [2.75, 3.05) is 11.9 Å². The summed E-state index contributed by atoms with van der Waals surface area (Å²) in [6, 6.07) is 9.52. The number of nitro benzene ring substituents is 1. The number of rotatable bonds is 6. The summed E-state index contributed by atoms with van der Waals surface area (Å²) < 4.78 is 42.6. The monoisotopic (exact) mass is 382 g/mol. The smallest absolute Gasteiger partial charge is 0.416 e. The van der Waals surface area contributed by atoms with Crippen molar-refractivity contribution in [1.29, 1.82) is 0 Å². The van der Waals surface area contributed by atoms with Crippen LogP contribution in [0.1, 0.15) is 11.1 Å². The maximum Gasteiger partial charge on any atom is 0.416 e. The summed E-state index contributed by atoms with van der Waals surface area (Å²) in [6.07, 6.45) is -4.98. The molecule has 0 aliphatic heterocycles. The van der Waals surface area contributed by atoms with Crippen molar-refractivity contribution in [3.05, 3.63) is 69.8 Å². The van der Waals surface area contributed by atoms with Crippen LogP contribution in [0.15, 0.2) is 48.5 Å². The Bertz CT molecular complexity index is 868. The van der Waals surface area contributed by atoms with E-state index >= 15 is 0 Å². The fourth-order valence-electron chi connectivity index (χ4n) is 2.16. The highest BCUT2D eigenvalue weighted by Crippen LogP contribution is 2.30. The average Bonchev–Trinajstić information content (AvgIpc) is 2.60. The molecule has 142 valence electrons. The Morgan fingerprint density at radius 3 is 2.48 bits per heavy atom. The number of carbonyl (C=O) groups is 2. The number of alkyl halides is 3. The van der Waals surface area contributed by atoms with E-state index < -0.39 is 41.6 Å². The second-order valence-electron chi connectivity index (χ2n) is 5.35.